The quantitative estimate of drug-likeness (QED) is 0.448. The lowest BCUT2D eigenvalue weighted by molar-refractivity contribution is -0.112. The molecule has 1 aromatic rings. The van der Waals surface area contributed by atoms with Crippen molar-refractivity contribution in [2.24, 2.45) is 0 Å². The first-order chi connectivity index (χ1) is 7.63. The predicted molar refractivity (Wildman–Crippen MR) is 59.6 cm³/mol. The first-order valence-corrected chi connectivity index (χ1v) is 5.03. The molecule has 0 radical (unpaired) electrons. The molecule has 0 bridgehead atoms. The number of alkyl halides is 1. The molecule has 86 valence electrons. The molecule has 0 N–H and O–H groups in total. The number of Topliss-reactive ketones (excluding diaryl/α,β-unsaturated/α-hetero) is 2. The van der Waals surface area contributed by atoms with Crippen molar-refractivity contribution in [2.45, 2.75) is 0 Å². The van der Waals surface area contributed by atoms with E-state index < -0.39 is 11.6 Å². The van der Waals surface area contributed by atoms with E-state index in [1.54, 1.807) is 6.07 Å². The highest BCUT2D eigenvalue weighted by Gasteiger charge is 2.16. The van der Waals surface area contributed by atoms with E-state index in [0.29, 0.717) is 11.5 Å². The molecule has 0 spiro atoms. The fourth-order valence-corrected chi connectivity index (χ4v) is 1.32. The second-order valence-corrected chi connectivity index (χ2v) is 3.22. The molecule has 0 aliphatic heterocycles. The monoisotopic (exact) mass is 242 g/mol. The number of ether oxygens (including phenoxy) is 2. The Kier molecular flexibility index (Phi) is 4.31. The van der Waals surface area contributed by atoms with Gasteiger partial charge < -0.3 is 9.47 Å². The Hall–Kier alpha value is -1.55. The molecular formula is C11H11ClO4. The van der Waals surface area contributed by atoms with Gasteiger partial charge in [0.2, 0.25) is 11.6 Å². The number of hydrogen-bond donors (Lipinski definition) is 0. The Bertz CT molecular complexity index is 414. The summed E-state index contributed by atoms with van der Waals surface area (Å²) in [4.78, 5) is 22.6. The van der Waals surface area contributed by atoms with Crippen molar-refractivity contribution in [2.75, 3.05) is 20.1 Å². The smallest absolute Gasteiger partial charge is 0.229 e. The molecule has 0 atom stereocenters. The minimum atomic E-state index is -0.645. The molecule has 4 nitrogen and oxygen atoms in total. The number of carbonyl (C=O) groups excluding carboxylic acids is 2. The van der Waals surface area contributed by atoms with Gasteiger partial charge in [-0.2, -0.15) is 0 Å². The number of ketones is 2. The molecular weight excluding hydrogens is 232 g/mol. The van der Waals surface area contributed by atoms with Crippen LogP contribution in [-0.2, 0) is 4.79 Å². The third-order valence-corrected chi connectivity index (χ3v) is 2.26. The zero-order valence-corrected chi connectivity index (χ0v) is 9.71. The fraction of sp³-hybridized carbons (Fsp3) is 0.273. The molecule has 0 aliphatic carbocycles. The van der Waals surface area contributed by atoms with E-state index in [9.17, 15) is 9.59 Å². The van der Waals surface area contributed by atoms with Gasteiger partial charge in [0, 0.05) is 5.56 Å². The summed E-state index contributed by atoms with van der Waals surface area (Å²) in [5.74, 6) is -0.703. The van der Waals surface area contributed by atoms with Gasteiger partial charge in [0.25, 0.3) is 0 Å². The van der Waals surface area contributed by atoms with Crippen molar-refractivity contribution in [1.82, 2.24) is 0 Å². The average molecular weight is 243 g/mol. The fourth-order valence-electron chi connectivity index (χ4n) is 1.20. The Labute approximate surface area is 98.1 Å². The van der Waals surface area contributed by atoms with Crippen LogP contribution in [0.4, 0.5) is 0 Å². The van der Waals surface area contributed by atoms with Crippen LogP contribution in [0.5, 0.6) is 11.5 Å². The van der Waals surface area contributed by atoms with Crippen LogP contribution in [0.25, 0.3) is 0 Å². The van der Waals surface area contributed by atoms with Gasteiger partial charge in [0.15, 0.2) is 11.5 Å². The largest absolute Gasteiger partial charge is 0.493 e. The van der Waals surface area contributed by atoms with E-state index in [1.165, 1.54) is 26.4 Å². The Morgan fingerprint density at radius 1 is 1.19 bits per heavy atom. The molecule has 0 unspecified atom stereocenters. The summed E-state index contributed by atoms with van der Waals surface area (Å²) in [5, 5.41) is 0. The minimum absolute atomic E-state index is 0.239. The van der Waals surface area contributed by atoms with Gasteiger partial charge in [-0.15, -0.1) is 11.6 Å². The van der Waals surface area contributed by atoms with Crippen molar-refractivity contribution in [3.63, 3.8) is 0 Å². The standard InChI is InChI=1S/C11H11ClO4/c1-15-9-4-3-7(5-10(9)16-2)11(14)8(13)6-12/h3-5H,6H2,1-2H3. The van der Waals surface area contributed by atoms with E-state index in [2.05, 4.69) is 0 Å². The molecule has 0 saturated heterocycles. The van der Waals surface area contributed by atoms with Crippen LogP contribution >= 0.6 is 11.6 Å². The zero-order chi connectivity index (χ0) is 12.1. The SMILES string of the molecule is COc1ccc(C(=O)C(=O)CCl)cc1OC. The zero-order valence-electron chi connectivity index (χ0n) is 8.95. The first kappa shape index (κ1) is 12.5. The van der Waals surface area contributed by atoms with Gasteiger partial charge in [0.1, 0.15) is 0 Å². The second kappa shape index (κ2) is 5.51. The summed E-state index contributed by atoms with van der Waals surface area (Å²) >= 11 is 5.30. The van der Waals surface area contributed by atoms with E-state index in [4.69, 9.17) is 21.1 Å². The van der Waals surface area contributed by atoms with Crippen LogP contribution in [0.1, 0.15) is 10.4 Å². The van der Waals surface area contributed by atoms with Gasteiger partial charge in [-0.25, -0.2) is 0 Å². The predicted octanol–water partition coefficient (Wildman–Crippen LogP) is 1.69. The van der Waals surface area contributed by atoms with E-state index >= 15 is 0 Å². The third-order valence-electron chi connectivity index (χ3n) is 2.02. The average Bonchev–Trinajstić information content (AvgIpc) is 2.35. The van der Waals surface area contributed by atoms with Crippen LogP contribution in [-0.4, -0.2) is 31.7 Å². The third kappa shape index (κ3) is 2.52. The van der Waals surface area contributed by atoms with E-state index in [1.807, 2.05) is 0 Å². The lowest BCUT2D eigenvalue weighted by Gasteiger charge is -2.08. The van der Waals surface area contributed by atoms with Crippen LogP contribution in [0.2, 0.25) is 0 Å². The van der Waals surface area contributed by atoms with Gasteiger partial charge in [-0.05, 0) is 18.2 Å². The molecule has 0 saturated carbocycles. The van der Waals surface area contributed by atoms with Gasteiger partial charge in [0.05, 0.1) is 20.1 Å². The molecule has 0 amide bonds. The highest BCUT2D eigenvalue weighted by Crippen LogP contribution is 2.27. The normalized spacial score (nSPS) is 9.69. The number of hydrogen-bond acceptors (Lipinski definition) is 4. The highest BCUT2D eigenvalue weighted by molar-refractivity contribution is 6.51. The van der Waals surface area contributed by atoms with Crippen molar-refractivity contribution in [3.05, 3.63) is 23.8 Å². The summed E-state index contributed by atoms with van der Waals surface area (Å²) < 4.78 is 10.0. The summed E-state index contributed by atoms with van der Waals surface area (Å²) in [6.45, 7) is 0. The highest BCUT2D eigenvalue weighted by atomic mass is 35.5. The summed E-state index contributed by atoms with van der Waals surface area (Å²) in [6, 6.07) is 4.51. The maximum atomic E-state index is 11.5. The topological polar surface area (TPSA) is 52.6 Å². The number of methoxy groups -OCH3 is 2. The van der Waals surface area contributed by atoms with Gasteiger partial charge >= 0.3 is 0 Å². The van der Waals surface area contributed by atoms with Crippen LogP contribution in [0.3, 0.4) is 0 Å². The molecule has 0 aliphatic rings. The van der Waals surface area contributed by atoms with Crippen molar-refractivity contribution < 1.29 is 19.1 Å². The number of rotatable bonds is 5. The summed E-state index contributed by atoms with van der Waals surface area (Å²) in [7, 11) is 2.94. The Morgan fingerprint density at radius 3 is 2.31 bits per heavy atom. The molecule has 0 fully saturated rings. The van der Waals surface area contributed by atoms with Crippen molar-refractivity contribution in [1.29, 1.82) is 0 Å². The van der Waals surface area contributed by atoms with Crippen molar-refractivity contribution >= 4 is 23.2 Å². The Morgan fingerprint density at radius 2 is 1.81 bits per heavy atom. The molecule has 0 heterocycles. The van der Waals surface area contributed by atoms with Crippen molar-refractivity contribution in [3.8, 4) is 11.5 Å². The molecule has 0 aromatic heterocycles. The molecule has 1 rings (SSSR count). The minimum Gasteiger partial charge on any atom is -0.493 e. The Balaban J connectivity index is 3.08. The van der Waals surface area contributed by atoms with Crippen LogP contribution in [0.15, 0.2) is 18.2 Å². The number of benzene rings is 1. The van der Waals surface area contributed by atoms with Crippen LogP contribution < -0.4 is 9.47 Å². The van der Waals surface area contributed by atoms with E-state index in [0.717, 1.165) is 0 Å². The summed E-state index contributed by atoms with van der Waals surface area (Å²) in [5.41, 5.74) is 0.239. The second-order valence-electron chi connectivity index (χ2n) is 2.96. The maximum absolute atomic E-state index is 11.5. The first-order valence-electron chi connectivity index (χ1n) is 4.49. The van der Waals surface area contributed by atoms with Gasteiger partial charge in [-0.3, -0.25) is 9.59 Å². The number of carbonyl (C=O) groups is 2. The molecule has 1 aromatic carbocycles. The lowest BCUT2D eigenvalue weighted by atomic mass is 10.1. The lowest BCUT2D eigenvalue weighted by Crippen LogP contribution is -2.15. The van der Waals surface area contributed by atoms with E-state index in [-0.39, 0.29) is 11.4 Å². The maximum Gasteiger partial charge on any atom is 0.229 e. The van der Waals surface area contributed by atoms with Crippen LogP contribution in [0, 0.1) is 0 Å². The summed E-state index contributed by atoms with van der Waals surface area (Å²) in [6.07, 6.45) is 0. The molecule has 5 heteroatoms. The number of halogens is 1. The molecule has 16 heavy (non-hydrogen) atoms. The van der Waals surface area contributed by atoms with Gasteiger partial charge in [-0.1, -0.05) is 0 Å².